The first kappa shape index (κ1) is 32.7. The molecule has 10 aromatic carbocycles. The van der Waals surface area contributed by atoms with E-state index < -0.39 is 0 Å². The molecule has 14 aromatic rings. The molecule has 14 rings (SSSR count). The Morgan fingerprint density at radius 3 is 1.59 bits per heavy atom. The van der Waals surface area contributed by atoms with Gasteiger partial charge in [-0.15, -0.1) is 0 Å². The van der Waals surface area contributed by atoms with Crippen LogP contribution in [0.1, 0.15) is 0 Å². The molecule has 61 heavy (non-hydrogen) atoms. The minimum absolute atomic E-state index is 0.564. The number of hydrogen-bond acceptors (Lipinski definition) is 3. The molecule has 0 aliphatic heterocycles. The van der Waals surface area contributed by atoms with Crippen LogP contribution in [0.3, 0.4) is 0 Å². The zero-order valence-electron chi connectivity index (χ0n) is 32.7. The molecule has 0 spiro atoms. The number of benzene rings is 10. The fourth-order valence-corrected chi connectivity index (χ4v) is 10.3. The average molecular weight is 777 g/mol. The molecule has 0 aliphatic carbocycles. The maximum atomic E-state index is 6.56. The Balaban J connectivity index is 1.07. The molecular weight excluding hydrogens is 745 g/mol. The molecule has 0 amide bonds. The van der Waals surface area contributed by atoms with E-state index in [2.05, 4.69) is 185 Å². The van der Waals surface area contributed by atoms with Gasteiger partial charge in [0, 0.05) is 38.2 Å². The van der Waals surface area contributed by atoms with E-state index in [1.54, 1.807) is 0 Å². The molecule has 0 unspecified atom stereocenters. The molecule has 4 heterocycles. The van der Waals surface area contributed by atoms with Gasteiger partial charge in [0.25, 0.3) is 0 Å². The van der Waals surface area contributed by atoms with Crippen molar-refractivity contribution < 1.29 is 4.42 Å². The first-order valence-corrected chi connectivity index (χ1v) is 20.7. The van der Waals surface area contributed by atoms with Crippen LogP contribution in [0, 0.1) is 0 Å². The van der Waals surface area contributed by atoms with Crippen LogP contribution in [0.2, 0.25) is 0 Å². The van der Waals surface area contributed by atoms with Gasteiger partial charge in [-0.1, -0.05) is 146 Å². The van der Waals surface area contributed by atoms with Gasteiger partial charge in [0.15, 0.2) is 0 Å². The SMILES string of the molecule is c1ccc2cc(-c3nc(-n4c5ccccc5c5c6c7ccccc7n(-c7ccc8c9ccccc9c9ccccc9c8c7)c6ccc54)nc4oc5ccccc5c34)ccc2c1. The monoisotopic (exact) mass is 776 g/mol. The summed E-state index contributed by atoms with van der Waals surface area (Å²) >= 11 is 0. The quantitative estimate of drug-likeness (QED) is 0.168. The second-order valence-corrected chi connectivity index (χ2v) is 16.1. The number of hydrogen-bond donors (Lipinski definition) is 0. The lowest BCUT2D eigenvalue weighted by atomic mass is 9.94. The molecule has 0 saturated carbocycles. The van der Waals surface area contributed by atoms with Gasteiger partial charge in [-0.25, -0.2) is 4.98 Å². The Morgan fingerprint density at radius 1 is 0.344 bits per heavy atom. The van der Waals surface area contributed by atoms with Crippen LogP contribution in [0.25, 0.3) is 132 Å². The highest BCUT2D eigenvalue weighted by atomic mass is 16.3. The fourth-order valence-electron chi connectivity index (χ4n) is 10.3. The lowest BCUT2D eigenvalue weighted by Gasteiger charge is -2.14. The Bertz CT molecular complexity index is 4150. The Hall–Kier alpha value is -8.28. The van der Waals surface area contributed by atoms with E-state index in [1.165, 1.54) is 53.9 Å². The maximum Gasteiger partial charge on any atom is 0.238 e. The summed E-state index contributed by atoms with van der Waals surface area (Å²) in [6.45, 7) is 0. The first-order chi connectivity index (χ1) is 30.3. The highest BCUT2D eigenvalue weighted by Crippen LogP contribution is 2.44. The highest BCUT2D eigenvalue weighted by molar-refractivity contribution is 6.29. The van der Waals surface area contributed by atoms with E-state index >= 15 is 0 Å². The van der Waals surface area contributed by atoms with Crippen molar-refractivity contribution >= 4 is 109 Å². The van der Waals surface area contributed by atoms with E-state index in [4.69, 9.17) is 14.4 Å². The summed E-state index contributed by atoms with van der Waals surface area (Å²) < 4.78 is 11.2. The van der Waals surface area contributed by atoms with Crippen LogP contribution in [-0.2, 0) is 0 Å². The third kappa shape index (κ3) is 4.49. The molecule has 0 atom stereocenters. The molecule has 4 aromatic heterocycles. The van der Waals surface area contributed by atoms with Gasteiger partial charge in [-0.05, 0) is 91.6 Å². The van der Waals surface area contributed by atoms with Gasteiger partial charge in [0.1, 0.15) is 5.58 Å². The Kier molecular flexibility index (Phi) is 6.49. The third-order valence-electron chi connectivity index (χ3n) is 12.9. The topological polar surface area (TPSA) is 48.8 Å². The number of fused-ring (bicyclic) bond motifs is 17. The van der Waals surface area contributed by atoms with Crippen LogP contribution in [-0.4, -0.2) is 19.1 Å². The Labute approximate surface area is 347 Å². The largest absolute Gasteiger partial charge is 0.437 e. The minimum Gasteiger partial charge on any atom is -0.437 e. The molecule has 0 aliphatic rings. The van der Waals surface area contributed by atoms with Gasteiger partial charge in [0.2, 0.25) is 11.7 Å². The van der Waals surface area contributed by atoms with Crippen molar-refractivity contribution in [1.29, 1.82) is 0 Å². The maximum absolute atomic E-state index is 6.56. The molecule has 0 saturated heterocycles. The smallest absolute Gasteiger partial charge is 0.238 e. The summed E-state index contributed by atoms with van der Waals surface area (Å²) in [5, 5.41) is 16.5. The molecule has 0 N–H and O–H groups in total. The van der Waals surface area contributed by atoms with Crippen molar-refractivity contribution in [3.63, 3.8) is 0 Å². The first-order valence-electron chi connectivity index (χ1n) is 20.7. The van der Waals surface area contributed by atoms with Gasteiger partial charge in [0.05, 0.1) is 33.1 Å². The number of nitrogens with zero attached hydrogens (tertiary/aromatic N) is 4. The standard InChI is InChI=1S/C56H32N4O/c1-2-14-34-31-35(26-25-33(34)13-1)54-53-44-21-9-12-24-50(44)61-55(53)58-56(57-54)60-47-23-11-8-20-43(47)52-49(60)30-29-48-51(52)42-19-7-10-22-46(42)59(48)36-27-28-41-39-17-4-3-15-37(39)38-16-5-6-18-40(38)45(41)32-36/h1-32H. The summed E-state index contributed by atoms with van der Waals surface area (Å²) in [7, 11) is 0. The molecule has 282 valence electrons. The molecule has 0 radical (unpaired) electrons. The normalized spacial score (nSPS) is 12.3. The van der Waals surface area contributed by atoms with Crippen LogP contribution >= 0.6 is 0 Å². The van der Waals surface area contributed by atoms with Crippen LogP contribution < -0.4 is 0 Å². The zero-order valence-corrected chi connectivity index (χ0v) is 32.7. The average Bonchev–Trinajstić information content (AvgIpc) is 3.98. The zero-order chi connectivity index (χ0) is 39.8. The number of furan rings is 1. The van der Waals surface area contributed by atoms with Crippen molar-refractivity contribution in [2.24, 2.45) is 0 Å². The van der Waals surface area contributed by atoms with Crippen molar-refractivity contribution in [2.45, 2.75) is 0 Å². The van der Waals surface area contributed by atoms with E-state index in [1.807, 2.05) is 18.2 Å². The van der Waals surface area contributed by atoms with Crippen molar-refractivity contribution in [3.8, 4) is 22.9 Å². The molecule has 0 bridgehead atoms. The van der Waals surface area contributed by atoms with E-state index in [-0.39, 0.29) is 0 Å². The van der Waals surface area contributed by atoms with Crippen molar-refractivity contribution in [1.82, 2.24) is 19.1 Å². The predicted octanol–water partition coefficient (Wildman–Crippen LogP) is 14.8. The second-order valence-electron chi connectivity index (χ2n) is 16.1. The number of rotatable bonds is 3. The lowest BCUT2D eigenvalue weighted by molar-refractivity contribution is 0.651. The minimum atomic E-state index is 0.564. The summed E-state index contributed by atoms with van der Waals surface area (Å²) in [6.07, 6.45) is 0. The molecular formula is C56H32N4O. The van der Waals surface area contributed by atoms with Crippen LogP contribution in [0.15, 0.2) is 199 Å². The summed E-state index contributed by atoms with van der Waals surface area (Å²) in [6, 6.07) is 69.7. The van der Waals surface area contributed by atoms with Gasteiger partial charge >= 0.3 is 0 Å². The third-order valence-corrected chi connectivity index (χ3v) is 12.9. The van der Waals surface area contributed by atoms with Crippen LogP contribution in [0.5, 0.6) is 0 Å². The summed E-state index contributed by atoms with van der Waals surface area (Å²) in [5.74, 6) is 0.567. The van der Waals surface area contributed by atoms with E-state index in [9.17, 15) is 0 Å². The van der Waals surface area contributed by atoms with E-state index in [0.717, 1.165) is 66.1 Å². The molecule has 5 heteroatoms. The Morgan fingerprint density at radius 2 is 0.885 bits per heavy atom. The highest BCUT2D eigenvalue weighted by Gasteiger charge is 2.24. The number of aromatic nitrogens is 4. The summed E-state index contributed by atoms with van der Waals surface area (Å²) in [5.41, 5.74) is 8.71. The van der Waals surface area contributed by atoms with Gasteiger partial charge in [-0.3, -0.25) is 4.57 Å². The molecule has 5 nitrogen and oxygen atoms in total. The van der Waals surface area contributed by atoms with Gasteiger partial charge in [-0.2, -0.15) is 4.98 Å². The van der Waals surface area contributed by atoms with E-state index in [0.29, 0.717) is 11.7 Å². The van der Waals surface area contributed by atoms with Gasteiger partial charge < -0.3 is 8.98 Å². The fraction of sp³-hybridized carbons (Fsp3) is 0. The van der Waals surface area contributed by atoms with Crippen LogP contribution in [0.4, 0.5) is 0 Å². The second kappa shape index (κ2) is 12.1. The molecule has 0 fully saturated rings. The van der Waals surface area contributed by atoms with Crippen molar-refractivity contribution in [3.05, 3.63) is 194 Å². The lowest BCUT2D eigenvalue weighted by Crippen LogP contribution is -2.03. The van der Waals surface area contributed by atoms with Crippen molar-refractivity contribution in [2.75, 3.05) is 0 Å². The number of para-hydroxylation sites is 3. The summed E-state index contributed by atoms with van der Waals surface area (Å²) in [4.78, 5) is 10.8. The predicted molar refractivity (Wildman–Crippen MR) is 253 cm³/mol.